The Morgan fingerprint density at radius 3 is 2.95 bits per heavy atom. The normalized spacial score (nSPS) is 21.3. The highest BCUT2D eigenvalue weighted by atomic mass is 32.2. The van der Waals surface area contributed by atoms with Gasteiger partial charge < -0.3 is 4.42 Å². The molecular weight excluding hydrogens is 304 g/mol. The van der Waals surface area contributed by atoms with Crippen molar-refractivity contribution in [3.63, 3.8) is 0 Å². The van der Waals surface area contributed by atoms with E-state index in [-0.39, 0.29) is 12.1 Å². The van der Waals surface area contributed by atoms with E-state index in [0.29, 0.717) is 12.3 Å². The summed E-state index contributed by atoms with van der Waals surface area (Å²) in [5.74, 6) is 0.692. The summed E-state index contributed by atoms with van der Waals surface area (Å²) in [7, 11) is -1.78. The van der Waals surface area contributed by atoms with E-state index in [1.54, 1.807) is 36.5 Å². The van der Waals surface area contributed by atoms with Crippen molar-refractivity contribution in [2.45, 2.75) is 31.8 Å². The maximum Gasteiger partial charge on any atom is 0.280 e. The van der Waals surface area contributed by atoms with Crippen molar-refractivity contribution in [2.24, 2.45) is 7.05 Å². The molecule has 7 nitrogen and oxygen atoms in total. The van der Waals surface area contributed by atoms with Crippen molar-refractivity contribution in [3.8, 4) is 0 Å². The van der Waals surface area contributed by atoms with Crippen molar-refractivity contribution in [2.75, 3.05) is 6.54 Å². The molecule has 0 spiro atoms. The van der Waals surface area contributed by atoms with Gasteiger partial charge in [-0.2, -0.15) is 22.5 Å². The van der Waals surface area contributed by atoms with Crippen molar-refractivity contribution >= 4 is 10.2 Å². The Morgan fingerprint density at radius 1 is 1.50 bits per heavy atom. The SMILES string of the molecule is C[C@H](NS(=O)(=O)N1CCC[C@@H]1c1ccco1)c1cnn(C)c1. The topological polar surface area (TPSA) is 80.4 Å². The van der Waals surface area contributed by atoms with E-state index in [1.165, 1.54) is 4.31 Å². The zero-order valence-corrected chi connectivity index (χ0v) is 13.5. The average Bonchev–Trinajstić information content (AvgIpc) is 3.19. The molecule has 0 unspecified atom stereocenters. The first-order valence-electron chi connectivity index (χ1n) is 7.28. The van der Waals surface area contributed by atoms with Gasteiger partial charge in [0, 0.05) is 31.4 Å². The zero-order chi connectivity index (χ0) is 15.7. The van der Waals surface area contributed by atoms with Crippen molar-refractivity contribution in [1.29, 1.82) is 0 Å². The first-order chi connectivity index (χ1) is 10.5. The second-order valence-corrected chi connectivity index (χ2v) is 7.23. The van der Waals surface area contributed by atoms with E-state index < -0.39 is 10.2 Å². The van der Waals surface area contributed by atoms with Crippen LogP contribution >= 0.6 is 0 Å². The van der Waals surface area contributed by atoms with Gasteiger partial charge in [0.1, 0.15) is 5.76 Å². The molecule has 1 N–H and O–H groups in total. The van der Waals surface area contributed by atoms with Crippen LogP contribution in [0.25, 0.3) is 0 Å². The van der Waals surface area contributed by atoms with E-state index in [0.717, 1.165) is 18.4 Å². The average molecular weight is 324 g/mol. The highest BCUT2D eigenvalue weighted by Crippen LogP contribution is 2.34. The molecule has 0 bridgehead atoms. The van der Waals surface area contributed by atoms with Crippen molar-refractivity contribution < 1.29 is 12.8 Å². The fraction of sp³-hybridized carbons (Fsp3) is 0.500. The maximum absolute atomic E-state index is 12.7. The lowest BCUT2D eigenvalue weighted by Gasteiger charge is -2.24. The van der Waals surface area contributed by atoms with Crippen LogP contribution in [0.4, 0.5) is 0 Å². The highest BCUT2D eigenvalue weighted by Gasteiger charge is 2.37. The molecule has 2 atom stereocenters. The molecule has 0 amide bonds. The Hall–Kier alpha value is -1.64. The van der Waals surface area contributed by atoms with Crippen LogP contribution in [-0.2, 0) is 17.3 Å². The minimum absolute atomic E-state index is 0.228. The first kappa shape index (κ1) is 15.3. The van der Waals surface area contributed by atoms with Crippen LogP contribution in [0.5, 0.6) is 0 Å². The van der Waals surface area contributed by atoms with Crippen LogP contribution in [0.2, 0.25) is 0 Å². The van der Waals surface area contributed by atoms with Gasteiger partial charge in [-0.1, -0.05) is 0 Å². The summed E-state index contributed by atoms with van der Waals surface area (Å²) >= 11 is 0. The van der Waals surface area contributed by atoms with Gasteiger partial charge in [0.25, 0.3) is 10.2 Å². The second-order valence-electron chi connectivity index (χ2n) is 5.58. The summed E-state index contributed by atoms with van der Waals surface area (Å²) in [5, 5.41) is 4.07. The summed E-state index contributed by atoms with van der Waals surface area (Å²) in [5.41, 5.74) is 0.833. The lowest BCUT2D eigenvalue weighted by molar-refractivity contribution is 0.333. The van der Waals surface area contributed by atoms with Crippen LogP contribution in [0, 0.1) is 0 Å². The van der Waals surface area contributed by atoms with E-state index in [1.807, 2.05) is 13.0 Å². The summed E-state index contributed by atoms with van der Waals surface area (Å²) in [6.45, 7) is 2.31. The number of aromatic nitrogens is 2. The molecular formula is C14H20N4O3S. The number of furan rings is 1. The molecule has 0 aliphatic carbocycles. The van der Waals surface area contributed by atoms with Crippen molar-refractivity contribution in [1.82, 2.24) is 18.8 Å². The zero-order valence-electron chi connectivity index (χ0n) is 12.6. The molecule has 3 rings (SSSR count). The molecule has 2 aromatic heterocycles. The van der Waals surface area contributed by atoms with E-state index in [2.05, 4.69) is 9.82 Å². The molecule has 1 saturated heterocycles. The van der Waals surface area contributed by atoms with Crippen LogP contribution in [0.15, 0.2) is 35.2 Å². The molecule has 3 heterocycles. The van der Waals surface area contributed by atoms with Gasteiger partial charge in [-0.25, -0.2) is 0 Å². The minimum atomic E-state index is -3.59. The first-order valence-corrected chi connectivity index (χ1v) is 8.72. The fourth-order valence-electron chi connectivity index (χ4n) is 2.82. The minimum Gasteiger partial charge on any atom is -0.468 e. The van der Waals surface area contributed by atoms with Crippen LogP contribution in [-0.4, -0.2) is 29.0 Å². The summed E-state index contributed by atoms with van der Waals surface area (Å²) < 4.78 is 36.6. The van der Waals surface area contributed by atoms with Crippen LogP contribution < -0.4 is 4.72 Å². The molecule has 1 aliphatic rings. The number of rotatable bonds is 5. The number of hydrogen-bond acceptors (Lipinski definition) is 4. The van der Waals surface area contributed by atoms with Gasteiger partial charge >= 0.3 is 0 Å². The third-order valence-corrected chi connectivity index (χ3v) is 5.64. The molecule has 2 aromatic rings. The third-order valence-electron chi connectivity index (χ3n) is 3.93. The number of aryl methyl sites for hydroxylation is 1. The molecule has 0 radical (unpaired) electrons. The van der Waals surface area contributed by atoms with Gasteiger partial charge in [-0.15, -0.1) is 0 Å². The highest BCUT2D eigenvalue weighted by molar-refractivity contribution is 7.87. The number of hydrogen-bond donors (Lipinski definition) is 1. The monoisotopic (exact) mass is 324 g/mol. The van der Waals surface area contributed by atoms with E-state index in [4.69, 9.17) is 4.42 Å². The Kier molecular flexibility index (Phi) is 4.07. The van der Waals surface area contributed by atoms with Crippen molar-refractivity contribution in [3.05, 3.63) is 42.1 Å². The molecule has 1 fully saturated rings. The van der Waals surface area contributed by atoms with Gasteiger partial charge in [-0.3, -0.25) is 4.68 Å². The lowest BCUT2D eigenvalue weighted by Crippen LogP contribution is -2.41. The third kappa shape index (κ3) is 2.94. The Bertz CT molecular complexity index is 723. The van der Waals surface area contributed by atoms with Gasteiger partial charge in [0.2, 0.25) is 0 Å². The van der Waals surface area contributed by atoms with Crippen LogP contribution in [0.3, 0.4) is 0 Å². The quantitative estimate of drug-likeness (QED) is 0.908. The molecule has 120 valence electrons. The fourth-order valence-corrected chi connectivity index (χ4v) is 4.45. The molecule has 0 saturated carbocycles. The van der Waals surface area contributed by atoms with E-state index >= 15 is 0 Å². The molecule has 0 aromatic carbocycles. The Balaban J connectivity index is 1.77. The lowest BCUT2D eigenvalue weighted by atomic mass is 10.2. The van der Waals surface area contributed by atoms with Gasteiger partial charge in [0.15, 0.2) is 0 Å². The molecule has 8 heteroatoms. The molecule has 1 aliphatic heterocycles. The van der Waals surface area contributed by atoms with E-state index in [9.17, 15) is 8.42 Å². The predicted octanol–water partition coefficient (Wildman–Crippen LogP) is 1.75. The summed E-state index contributed by atoms with van der Waals surface area (Å²) in [4.78, 5) is 0. The Morgan fingerprint density at radius 2 is 2.32 bits per heavy atom. The second kappa shape index (κ2) is 5.86. The Labute approximate surface area is 130 Å². The summed E-state index contributed by atoms with van der Waals surface area (Å²) in [6, 6.07) is 3.04. The maximum atomic E-state index is 12.7. The smallest absolute Gasteiger partial charge is 0.280 e. The largest absolute Gasteiger partial charge is 0.468 e. The van der Waals surface area contributed by atoms with Crippen LogP contribution in [0.1, 0.15) is 43.2 Å². The summed E-state index contributed by atoms with van der Waals surface area (Å²) in [6.07, 6.45) is 6.65. The van der Waals surface area contributed by atoms with Gasteiger partial charge in [0.05, 0.1) is 18.5 Å². The number of nitrogens with zero attached hydrogens (tertiary/aromatic N) is 3. The number of nitrogens with one attached hydrogen (secondary N) is 1. The molecule has 22 heavy (non-hydrogen) atoms. The predicted molar refractivity (Wildman–Crippen MR) is 81.1 cm³/mol. The standard InChI is InChI=1S/C14H20N4O3S/c1-11(12-9-15-17(2)10-12)16-22(19,20)18-7-3-5-13(18)14-6-4-8-21-14/h4,6,8-11,13,16H,3,5,7H2,1-2H3/t11-,13+/m0/s1. The van der Waals surface area contributed by atoms with Gasteiger partial charge in [-0.05, 0) is 31.9 Å².